The molecule has 1 atom stereocenters. The van der Waals surface area contributed by atoms with Crippen LogP contribution in [0, 0.1) is 0 Å². The highest BCUT2D eigenvalue weighted by atomic mass is 35.5. The predicted molar refractivity (Wildman–Crippen MR) is 91.6 cm³/mol. The molecule has 0 aliphatic carbocycles. The number of ether oxygens (including phenoxy) is 1. The maximum absolute atomic E-state index is 12.4. The van der Waals surface area contributed by atoms with E-state index < -0.39 is 11.9 Å². The van der Waals surface area contributed by atoms with Crippen molar-refractivity contribution in [2.24, 2.45) is 0 Å². The van der Waals surface area contributed by atoms with Gasteiger partial charge in [-0.05, 0) is 36.4 Å². The summed E-state index contributed by atoms with van der Waals surface area (Å²) in [6.45, 7) is 0. The molecular weight excluding hydrogens is 359 g/mol. The van der Waals surface area contributed by atoms with Gasteiger partial charge in [0.2, 0.25) is 0 Å². The molecule has 0 radical (unpaired) electrons. The smallest absolute Gasteiger partial charge is 0.313 e. The lowest BCUT2D eigenvalue weighted by atomic mass is 9.91. The van der Waals surface area contributed by atoms with Gasteiger partial charge in [-0.1, -0.05) is 40.9 Å². The van der Waals surface area contributed by atoms with Crippen LogP contribution in [0.3, 0.4) is 0 Å². The molecule has 0 saturated heterocycles. The largest absolute Gasteiger partial charge is 0.469 e. The zero-order chi connectivity index (χ0) is 17.0. The van der Waals surface area contributed by atoms with Crippen LogP contribution in [0.2, 0.25) is 15.1 Å². The third-order valence-electron chi connectivity index (χ3n) is 3.39. The third kappa shape index (κ3) is 4.25. The van der Waals surface area contributed by atoms with Crippen LogP contribution in [0.1, 0.15) is 28.3 Å². The van der Waals surface area contributed by atoms with E-state index in [2.05, 4.69) is 0 Å². The molecule has 120 valence electrons. The van der Waals surface area contributed by atoms with Crippen LogP contribution >= 0.6 is 34.8 Å². The van der Waals surface area contributed by atoms with E-state index >= 15 is 0 Å². The minimum absolute atomic E-state index is 0.0994. The summed E-state index contributed by atoms with van der Waals surface area (Å²) in [6, 6.07) is 11.3. The first kappa shape index (κ1) is 17.8. The maximum Gasteiger partial charge on any atom is 0.313 e. The van der Waals surface area contributed by atoms with E-state index in [4.69, 9.17) is 39.5 Å². The van der Waals surface area contributed by atoms with Crippen molar-refractivity contribution in [2.75, 3.05) is 7.11 Å². The fourth-order valence-corrected chi connectivity index (χ4v) is 3.01. The van der Waals surface area contributed by atoms with Gasteiger partial charge in [-0.25, -0.2) is 0 Å². The number of hydrogen-bond donors (Lipinski definition) is 0. The first-order chi connectivity index (χ1) is 10.9. The van der Waals surface area contributed by atoms with Crippen molar-refractivity contribution < 1.29 is 14.3 Å². The van der Waals surface area contributed by atoms with Gasteiger partial charge in [-0.3, -0.25) is 9.59 Å². The van der Waals surface area contributed by atoms with Gasteiger partial charge >= 0.3 is 5.97 Å². The average molecular weight is 372 g/mol. The summed E-state index contributed by atoms with van der Waals surface area (Å²) in [5.41, 5.74) is 0.844. The Kier molecular flexibility index (Phi) is 6.05. The second-order valence-corrected chi connectivity index (χ2v) is 6.10. The van der Waals surface area contributed by atoms with Crippen molar-refractivity contribution in [1.82, 2.24) is 0 Å². The molecule has 3 nitrogen and oxygen atoms in total. The highest BCUT2D eigenvalue weighted by Crippen LogP contribution is 2.35. The molecule has 0 N–H and O–H groups in total. The highest BCUT2D eigenvalue weighted by Gasteiger charge is 2.29. The van der Waals surface area contributed by atoms with Gasteiger partial charge in [0.1, 0.15) is 0 Å². The lowest BCUT2D eigenvalue weighted by Gasteiger charge is -2.17. The summed E-state index contributed by atoms with van der Waals surface area (Å²) < 4.78 is 4.80. The molecule has 2 aromatic rings. The van der Waals surface area contributed by atoms with Gasteiger partial charge in [0.25, 0.3) is 0 Å². The van der Waals surface area contributed by atoms with Crippen LogP contribution in [0.4, 0.5) is 0 Å². The number of Topliss-reactive ketones (excluding diaryl/α,β-unsaturated/α-hetero) is 1. The van der Waals surface area contributed by atoms with Crippen molar-refractivity contribution in [3.05, 3.63) is 68.7 Å². The Morgan fingerprint density at radius 2 is 1.57 bits per heavy atom. The Hall–Kier alpha value is -1.55. The van der Waals surface area contributed by atoms with Crippen LogP contribution in [0.5, 0.6) is 0 Å². The predicted octanol–water partition coefficient (Wildman–Crippen LogP) is 5.18. The Balaban J connectivity index is 2.35. The quantitative estimate of drug-likeness (QED) is 0.537. The number of methoxy groups -OCH3 is 1. The number of hydrogen-bond acceptors (Lipinski definition) is 3. The van der Waals surface area contributed by atoms with E-state index in [1.165, 1.54) is 7.11 Å². The summed E-state index contributed by atoms with van der Waals surface area (Å²) in [4.78, 5) is 24.6. The topological polar surface area (TPSA) is 43.4 Å². The summed E-state index contributed by atoms with van der Waals surface area (Å²) in [7, 11) is 1.26. The zero-order valence-corrected chi connectivity index (χ0v) is 14.5. The highest BCUT2D eigenvalue weighted by molar-refractivity contribution is 6.36. The molecular formula is C17H13Cl3O3. The molecule has 2 rings (SSSR count). The molecule has 0 aromatic heterocycles. The monoisotopic (exact) mass is 370 g/mol. The molecule has 2 aromatic carbocycles. The third-order valence-corrected chi connectivity index (χ3v) is 4.30. The molecule has 0 heterocycles. The van der Waals surface area contributed by atoms with Gasteiger partial charge in [-0.15, -0.1) is 0 Å². The number of carbonyl (C=O) groups is 2. The number of rotatable bonds is 5. The summed E-state index contributed by atoms with van der Waals surface area (Å²) in [5, 5.41) is 1.16. The fraction of sp³-hybridized carbons (Fsp3) is 0.176. The van der Waals surface area contributed by atoms with Gasteiger partial charge in [-0.2, -0.15) is 0 Å². The van der Waals surface area contributed by atoms with Gasteiger partial charge in [0.05, 0.1) is 13.0 Å². The van der Waals surface area contributed by atoms with E-state index in [0.29, 0.717) is 26.2 Å². The second kappa shape index (κ2) is 7.82. The number of benzene rings is 2. The van der Waals surface area contributed by atoms with Crippen molar-refractivity contribution in [1.29, 1.82) is 0 Å². The number of carbonyl (C=O) groups excluding carboxylic acids is 2. The normalized spacial score (nSPS) is 11.8. The number of halogens is 3. The molecule has 0 amide bonds. The van der Waals surface area contributed by atoms with Crippen LogP contribution < -0.4 is 0 Å². The molecule has 23 heavy (non-hydrogen) atoms. The van der Waals surface area contributed by atoms with Crippen LogP contribution in [-0.4, -0.2) is 18.9 Å². The summed E-state index contributed by atoms with van der Waals surface area (Å²) in [6.07, 6.45) is -0.0994. The molecule has 0 aliphatic rings. The van der Waals surface area contributed by atoms with Crippen molar-refractivity contribution in [2.45, 2.75) is 12.3 Å². The van der Waals surface area contributed by atoms with E-state index in [-0.39, 0.29) is 12.2 Å². The Morgan fingerprint density at radius 3 is 2.09 bits per heavy atom. The van der Waals surface area contributed by atoms with Crippen molar-refractivity contribution >= 4 is 46.6 Å². The lowest BCUT2D eigenvalue weighted by molar-refractivity contribution is -0.142. The summed E-state index contributed by atoms with van der Waals surface area (Å²) in [5.74, 6) is -1.67. The fourth-order valence-electron chi connectivity index (χ4n) is 2.23. The lowest BCUT2D eigenvalue weighted by Crippen LogP contribution is -2.19. The molecule has 0 spiro atoms. The Morgan fingerprint density at radius 1 is 1.00 bits per heavy atom. The maximum atomic E-state index is 12.4. The van der Waals surface area contributed by atoms with E-state index in [0.717, 1.165) is 0 Å². The van der Waals surface area contributed by atoms with Gasteiger partial charge in [0, 0.05) is 32.6 Å². The zero-order valence-electron chi connectivity index (χ0n) is 12.2. The minimum atomic E-state index is -0.871. The van der Waals surface area contributed by atoms with Gasteiger partial charge < -0.3 is 4.74 Å². The molecule has 0 bridgehead atoms. The average Bonchev–Trinajstić information content (AvgIpc) is 2.53. The van der Waals surface area contributed by atoms with E-state index in [1.54, 1.807) is 42.5 Å². The molecule has 0 saturated carbocycles. The molecule has 0 fully saturated rings. The van der Waals surface area contributed by atoms with Crippen molar-refractivity contribution in [3.63, 3.8) is 0 Å². The molecule has 0 unspecified atom stereocenters. The summed E-state index contributed by atoms with van der Waals surface area (Å²) >= 11 is 18.1. The Labute approximate surface area is 149 Å². The molecule has 6 heteroatoms. The van der Waals surface area contributed by atoms with Crippen LogP contribution in [0.25, 0.3) is 0 Å². The van der Waals surface area contributed by atoms with E-state index in [1.807, 2.05) is 0 Å². The first-order valence-corrected chi connectivity index (χ1v) is 7.88. The number of ketones is 1. The standard InChI is InChI=1S/C17H13Cl3O3/c1-23-17(22)12(16-13(19)3-2-4-14(16)20)9-15(21)10-5-7-11(18)8-6-10/h2-8,12H,9H2,1H3/t12-/m1/s1. The van der Waals surface area contributed by atoms with Crippen molar-refractivity contribution in [3.8, 4) is 0 Å². The Bertz CT molecular complexity index is 706. The first-order valence-electron chi connectivity index (χ1n) is 6.74. The van der Waals surface area contributed by atoms with Crippen LogP contribution in [0.15, 0.2) is 42.5 Å². The molecule has 0 aliphatic heterocycles. The van der Waals surface area contributed by atoms with Crippen LogP contribution in [-0.2, 0) is 9.53 Å². The minimum Gasteiger partial charge on any atom is -0.469 e. The SMILES string of the molecule is COC(=O)[C@H](CC(=O)c1ccc(Cl)cc1)c1c(Cl)cccc1Cl. The van der Waals surface area contributed by atoms with E-state index in [9.17, 15) is 9.59 Å². The number of esters is 1. The second-order valence-electron chi connectivity index (χ2n) is 4.85. The van der Waals surface area contributed by atoms with Gasteiger partial charge in [0.15, 0.2) is 5.78 Å².